The van der Waals surface area contributed by atoms with Crippen LogP contribution >= 0.6 is 0 Å². The van der Waals surface area contributed by atoms with Gasteiger partial charge in [0.2, 0.25) is 0 Å². The van der Waals surface area contributed by atoms with Gasteiger partial charge in [-0.25, -0.2) is 14.3 Å². The van der Waals surface area contributed by atoms with Gasteiger partial charge in [0.1, 0.15) is 0 Å². The standard InChI is InChI=1S/C19H24N4O2/c1-5-11-21-12-20-17-16(21)18(24)22(6-2)19(25)23(17)15-9-7-14(8-10-15)13(3)4/h7-10,12-13H,5-6,11H2,1-4H3. The van der Waals surface area contributed by atoms with Crippen molar-refractivity contribution < 1.29 is 0 Å². The van der Waals surface area contributed by atoms with Crippen LogP contribution in [0.4, 0.5) is 0 Å². The zero-order valence-electron chi connectivity index (χ0n) is 15.2. The molecule has 0 aliphatic heterocycles. The quantitative estimate of drug-likeness (QED) is 0.717. The van der Waals surface area contributed by atoms with Crippen LogP contribution in [0.1, 0.15) is 45.6 Å². The fraction of sp³-hybridized carbons (Fsp3) is 0.421. The number of imidazole rings is 1. The van der Waals surface area contributed by atoms with Crippen molar-refractivity contribution in [1.29, 1.82) is 0 Å². The molecule has 0 spiro atoms. The number of rotatable bonds is 5. The number of fused-ring (bicyclic) bond motifs is 1. The largest absolute Gasteiger partial charge is 0.337 e. The van der Waals surface area contributed by atoms with Gasteiger partial charge in [0.05, 0.1) is 12.0 Å². The zero-order valence-corrected chi connectivity index (χ0v) is 15.2. The molecular weight excluding hydrogens is 316 g/mol. The first-order valence-corrected chi connectivity index (χ1v) is 8.80. The van der Waals surface area contributed by atoms with Crippen LogP contribution in [-0.4, -0.2) is 18.7 Å². The van der Waals surface area contributed by atoms with Crippen LogP contribution in [0.2, 0.25) is 0 Å². The fourth-order valence-electron chi connectivity index (χ4n) is 3.11. The normalized spacial score (nSPS) is 11.6. The molecule has 6 nitrogen and oxygen atoms in total. The summed E-state index contributed by atoms with van der Waals surface area (Å²) in [4.78, 5) is 30.0. The fourth-order valence-corrected chi connectivity index (χ4v) is 3.11. The lowest BCUT2D eigenvalue weighted by atomic mass is 10.0. The minimum atomic E-state index is -0.348. The second-order valence-electron chi connectivity index (χ2n) is 6.52. The first kappa shape index (κ1) is 17.2. The molecule has 3 rings (SSSR count). The first-order chi connectivity index (χ1) is 12.0. The van der Waals surface area contributed by atoms with Crippen LogP contribution in [0.3, 0.4) is 0 Å². The lowest BCUT2D eigenvalue weighted by Crippen LogP contribution is -2.39. The van der Waals surface area contributed by atoms with E-state index in [4.69, 9.17) is 0 Å². The average Bonchev–Trinajstić information content (AvgIpc) is 3.00. The van der Waals surface area contributed by atoms with E-state index in [1.807, 2.05) is 35.8 Å². The minimum absolute atomic E-state index is 0.275. The number of hydrogen-bond donors (Lipinski definition) is 0. The number of hydrogen-bond acceptors (Lipinski definition) is 3. The summed E-state index contributed by atoms with van der Waals surface area (Å²) in [7, 11) is 0. The highest BCUT2D eigenvalue weighted by Crippen LogP contribution is 2.18. The Labute approximate surface area is 146 Å². The number of aryl methyl sites for hydroxylation is 1. The molecule has 0 radical (unpaired) electrons. The molecule has 0 amide bonds. The predicted octanol–water partition coefficient (Wildman–Crippen LogP) is 2.90. The van der Waals surface area contributed by atoms with Crippen LogP contribution in [0.5, 0.6) is 0 Å². The van der Waals surface area contributed by atoms with Gasteiger partial charge in [-0.05, 0) is 37.0 Å². The third-order valence-electron chi connectivity index (χ3n) is 4.50. The second kappa shape index (κ2) is 6.70. The van der Waals surface area contributed by atoms with Crippen LogP contribution in [0.25, 0.3) is 16.9 Å². The summed E-state index contributed by atoms with van der Waals surface area (Å²) in [5.41, 5.74) is 2.21. The molecule has 2 heterocycles. The van der Waals surface area contributed by atoms with E-state index in [-0.39, 0.29) is 11.2 Å². The van der Waals surface area contributed by atoms with Gasteiger partial charge < -0.3 is 4.57 Å². The van der Waals surface area contributed by atoms with Gasteiger partial charge in [-0.2, -0.15) is 0 Å². The molecular formula is C19H24N4O2. The average molecular weight is 340 g/mol. The highest BCUT2D eigenvalue weighted by Gasteiger charge is 2.18. The monoisotopic (exact) mass is 340 g/mol. The summed E-state index contributed by atoms with van der Waals surface area (Å²) >= 11 is 0. The lowest BCUT2D eigenvalue weighted by Gasteiger charge is -2.12. The van der Waals surface area contributed by atoms with Crippen molar-refractivity contribution in [2.75, 3.05) is 0 Å². The summed E-state index contributed by atoms with van der Waals surface area (Å²) in [5, 5.41) is 0. The molecule has 0 bridgehead atoms. The van der Waals surface area contributed by atoms with Gasteiger partial charge in [-0.3, -0.25) is 9.36 Å². The Bertz CT molecular complexity index is 1010. The molecule has 0 N–H and O–H groups in total. The molecule has 25 heavy (non-hydrogen) atoms. The van der Waals surface area contributed by atoms with E-state index in [1.165, 1.54) is 14.7 Å². The summed E-state index contributed by atoms with van der Waals surface area (Å²) in [5.74, 6) is 0.416. The maximum absolute atomic E-state index is 12.9. The Hall–Kier alpha value is -2.63. The molecule has 0 fully saturated rings. The predicted molar refractivity (Wildman–Crippen MR) is 99.6 cm³/mol. The van der Waals surface area contributed by atoms with Gasteiger partial charge in [0, 0.05) is 13.1 Å². The van der Waals surface area contributed by atoms with E-state index >= 15 is 0 Å². The van der Waals surface area contributed by atoms with E-state index in [2.05, 4.69) is 18.8 Å². The summed E-state index contributed by atoms with van der Waals surface area (Å²) < 4.78 is 4.64. The van der Waals surface area contributed by atoms with Crippen LogP contribution in [0, 0.1) is 0 Å². The summed E-state index contributed by atoms with van der Waals surface area (Å²) in [6.45, 7) is 9.13. The Kier molecular flexibility index (Phi) is 4.61. The molecule has 0 atom stereocenters. The molecule has 6 heteroatoms. The lowest BCUT2D eigenvalue weighted by molar-refractivity contribution is 0.646. The van der Waals surface area contributed by atoms with Gasteiger partial charge in [-0.15, -0.1) is 0 Å². The molecule has 0 saturated carbocycles. The van der Waals surface area contributed by atoms with Crippen LogP contribution < -0.4 is 11.2 Å². The molecule has 0 unspecified atom stereocenters. The SMILES string of the molecule is CCCn1cnc2c1c(=O)n(CC)c(=O)n2-c1ccc(C(C)C)cc1. The van der Waals surface area contributed by atoms with Crippen molar-refractivity contribution in [1.82, 2.24) is 18.7 Å². The molecule has 132 valence electrons. The Morgan fingerprint density at radius 3 is 2.32 bits per heavy atom. The molecule has 0 saturated heterocycles. The van der Waals surface area contributed by atoms with Crippen molar-refractivity contribution in [2.24, 2.45) is 0 Å². The Balaban J connectivity index is 2.34. The van der Waals surface area contributed by atoms with E-state index in [9.17, 15) is 9.59 Å². The van der Waals surface area contributed by atoms with E-state index in [0.29, 0.717) is 30.2 Å². The van der Waals surface area contributed by atoms with E-state index in [0.717, 1.165) is 12.1 Å². The van der Waals surface area contributed by atoms with Gasteiger partial charge >= 0.3 is 5.69 Å². The highest BCUT2D eigenvalue weighted by molar-refractivity contribution is 5.72. The topological polar surface area (TPSA) is 61.8 Å². The van der Waals surface area contributed by atoms with Crippen molar-refractivity contribution in [2.45, 2.75) is 53.1 Å². The zero-order chi connectivity index (χ0) is 18.1. The van der Waals surface area contributed by atoms with Crippen molar-refractivity contribution >= 4 is 11.2 Å². The second-order valence-corrected chi connectivity index (χ2v) is 6.52. The maximum Gasteiger partial charge on any atom is 0.337 e. The number of nitrogens with zero attached hydrogens (tertiary/aromatic N) is 4. The molecule has 1 aromatic carbocycles. The highest BCUT2D eigenvalue weighted by atomic mass is 16.2. The maximum atomic E-state index is 12.9. The minimum Gasteiger partial charge on any atom is -0.325 e. The first-order valence-electron chi connectivity index (χ1n) is 8.80. The third kappa shape index (κ3) is 2.81. The smallest absolute Gasteiger partial charge is 0.325 e. The Morgan fingerprint density at radius 1 is 1.08 bits per heavy atom. The van der Waals surface area contributed by atoms with Crippen LogP contribution in [-0.2, 0) is 13.1 Å². The molecule has 0 aliphatic carbocycles. The molecule has 3 aromatic rings. The Morgan fingerprint density at radius 2 is 1.76 bits per heavy atom. The van der Waals surface area contributed by atoms with Gasteiger partial charge in [0.25, 0.3) is 5.56 Å². The van der Waals surface area contributed by atoms with Crippen molar-refractivity contribution in [3.63, 3.8) is 0 Å². The van der Waals surface area contributed by atoms with Gasteiger partial charge in [-0.1, -0.05) is 32.9 Å². The third-order valence-corrected chi connectivity index (χ3v) is 4.50. The van der Waals surface area contributed by atoms with Crippen molar-refractivity contribution in [3.05, 3.63) is 57.0 Å². The molecule has 0 aliphatic rings. The summed E-state index contributed by atoms with van der Waals surface area (Å²) in [6, 6.07) is 7.87. The number of aromatic nitrogens is 4. The van der Waals surface area contributed by atoms with Gasteiger partial charge in [0.15, 0.2) is 11.2 Å². The van der Waals surface area contributed by atoms with E-state index < -0.39 is 0 Å². The van der Waals surface area contributed by atoms with E-state index in [1.54, 1.807) is 13.3 Å². The number of benzene rings is 1. The van der Waals surface area contributed by atoms with Crippen LogP contribution in [0.15, 0.2) is 40.2 Å². The summed E-state index contributed by atoms with van der Waals surface area (Å²) in [6.07, 6.45) is 2.53. The van der Waals surface area contributed by atoms with Crippen molar-refractivity contribution in [3.8, 4) is 5.69 Å². The molecule has 2 aromatic heterocycles.